The number of halogens is 1. The zero-order valence-electron chi connectivity index (χ0n) is 12.4. The third kappa shape index (κ3) is 3.55. The molecular formula is C14H12FN5OS3. The van der Waals surface area contributed by atoms with Gasteiger partial charge < -0.3 is 4.74 Å². The van der Waals surface area contributed by atoms with E-state index in [1.165, 1.54) is 23.5 Å². The predicted octanol–water partition coefficient (Wildman–Crippen LogP) is 3.24. The molecule has 6 nitrogen and oxygen atoms in total. The van der Waals surface area contributed by atoms with E-state index in [0.29, 0.717) is 18.1 Å². The molecule has 0 N–H and O–H groups in total. The summed E-state index contributed by atoms with van der Waals surface area (Å²) in [6.45, 7) is 1.21. The lowest BCUT2D eigenvalue weighted by Gasteiger charge is -2.02. The second-order valence-electron chi connectivity index (χ2n) is 4.83. The van der Waals surface area contributed by atoms with E-state index in [0.717, 1.165) is 32.5 Å². The maximum absolute atomic E-state index is 12.9. The molecule has 1 aliphatic heterocycles. The van der Waals surface area contributed by atoms with Gasteiger partial charge in [-0.25, -0.2) is 4.39 Å². The number of hydrogen-bond acceptors (Lipinski definition) is 8. The molecule has 0 atom stereocenters. The van der Waals surface area contributed by atoms with E-state index in [2.05, 4.69) is 20.3 Å². The Bertz CT molecular complexity index is 876. The first-order valence-corrected chi connectivity index (χ1v) is 9.95. The summed E-state index contributed by atoms with van der Waals surface area (Å²) in [5.74, 6) is 2.87. The van der Waals surface area contributed by atoms with Gasteiger partial charge in [-0.15, -0.1) is 10.2 Å². The van der Waals surface area contributed by atoms with Crippen LogP contribution in [-0.2, 0) is 12.4 Å². The van der Waals surface area contributed by atoms with Crippen molar-refractivity contribution >= 4 is 44.2 Å². The van der Waals surface area contributed by atoms with Gasteiger partial charge in [-0.1, -0.05) is 34.9 Å². The van der Waals surface area contributed by atoms with Crippen LogP contribution >= 0.6 is 34.9 Å². The number of ether oxygens (including phenoxy) is 1. The van der Waals surface area contributed by atoms with Crippen molar-refractivity contribution in [2.24, 2.45) is 4.99 Å². The van der Waals surface area contributed by atoms with Gasteiger partial charge in [0, 0.05) is 5.75 Å². The molecule has 0 spiro atoms. The van der Waals surface area contributed by atoms with Crippen LogP contribution in [0.15, 0.2) is 29.3 Å². The van der Waals surface area contributed by atoms with E-state index in [9.17, 15) is 4.39 Å². The van der Waals surface area contributed by atoms with Gasteiger partial charge in [-0.05, 0) is 24.3 Å². The van der Waals surface area contributed by atoms with Crippen LogP contribution in [0.5, 0.6) is 5.75 Å². The molecule has 0 amide bonds. The summed E-state index contributed by atoms with van der Waals surface area (Å²) in [5, 5.41) is 13.6. The van der Waals surface area contributed by atoms with Gasteiger partial charge >= 0.3 is 0 Å². The van der Waals surface area contributed by atoms with Crippen molar-refractivity contribution in [2.75, 3.05) is 12.3 Å². The minimum Gasteiger partial charge on any atom is -0.486 e. The van der Waals surface area contributed by atoms with Gasteiger partial charge in [0.25, 0.3) is 0 Å². The fraction of sp³-hybridized carbons (Fsp3) is 0.286. The number of fused-ring (bicyclic) bond motifs is 1. The molecule has 10 heteroatoms. The molecule has 0 aliphatic carbocycles. The maximum atomic E-state index is 12.9. The molecule has 2 aromatic heterocycles. The SMILES string of the molecule is Fc1ccc(OCc2nn3c(CSC4=NCCS4)nnc3s2)cc1. The van der Waals surface area contributed by atoms with E-state index in [-0.39, 0.29) is 5.82 Å². The van der Waals surface area contributed by atoms with E-state index >= 15 is 0 Å². The van der Waals surface area contributed by atoms with E-state index in [4.69, 9.17) is 4.74 Å². The summed E-state index contributed by atoms with van der Waals surface area (Å²) in [7, 11) is 0. The molecule has 3 aromatic rings. The van der Waals surface area contributed by atoms with Crippen molar-refractivity contribution in [3.8, 4) is 5.75 Å². The summed E-state index contributed by atoms with van der Waals surface area (Å²) in [6, 6.07) is 5.93. The molecule has 124 valence electrons. The van der Waals surface area contributed by atoms with Gasteiger partial charge in [0.1, 0.15) is 22.5 Å². The average molecular weight is 381 g/mol. The Labute approximate surface area is 149 Å². The highest BCUT2D eigenvalue weighted by atomic mass is 32.2. The lowest BCUT2D eigenvalue weighted by molar-refractivity contribution is 0.303. The van der Waals surface area contributed by atoms with Crippen molar-refractivity contribution in [1.82, 2.24) is 19.8 Å². The highest BCUT2D eigenvalue weighted by Gasteiger charge is 2.14. The molecule has 0 radical (unpaired) electrons. The van der Waals surface area contributed by atoms with Crippen LogP contribution in [0.2, 0.25) is 0 Å². The summed E-state index contributed by atoms with van der Waals surface area (Å²) < 4.78 is 21.3. The first-order valence-electron chi connectivity index (χ1n) is 7.16. The largest absolute Gasteiger partial charge is 0.486 e. The minimum absolute atomic E-state index is 0.284. The second kappa shape index (κ2) is 7.08. The van der Waals surface area contributed by atoms with E-state index in [1.807, 2.05) is 0 Å². The lowest BCUT2D eigenvalue weighted by atomic mass is 10.3. The Morgan fingerprint density at radius 1 is 1.25 bits per heavy atom. The van der Waals surface area contributed by atoms with Crippen molar-refractivity contribution < 1.29 is 9.13 Å². The summed E-state index contributed by atoms with van der Waals surface area (Å²) >= 11 is 4.87. The number of rotatable bonds is 5. The molecule has 0 saturated heterocycles. The number of aromatic nitrogens is 4. The molecular weight excluding hydrogens is 369 g/mol. The first-order chi connectivity index (χ1) is 11.8. The molecule has 0 fully saturated rings. The van der Waals surface area contributed by atoms with Crippen molar-refractivity contribution in [2.45, 2.75) is 12.4 Å². The Balaban J connectivity index is 1.42. The molecule has 1 aromatic carbocycles. The standard InChI is InChI=1S/C14H12FN5OS3/c15-9-1-3-10(4-2-9)21-7-12-19-20-11(17-18-13(20)24-12)8-23-14-16-5-6-22-14/h1-4H,5-8H2. The van der Waals surface area contributed by atoms with Crippen LogP contribution in [0.25, 0.3) is 4.96 Å². The monoisotopic (exact) mass is 381 g/mol. The van der Waals surface area contributed by atoms with Crippen LogP contribution in [0.4, 0.5) is 4.39 Å². The van der Waals surface area contributed by atoms with Gasteiger partial charge in [0.15, 0.2) is 10.8 Å². The second-order valence-corrected chi connectivity index (χ2v) is 8.18. The van der Waals surface area contributed by atoms with Crippen LogP contribution in [0.1, 0.15) is 10.8 Å². The van der Waals surface area contributed by atoms with Crippen LogP contribution < -0.4 is 4.74 Å². The summed E-state index contributed by atoms with van der Waals surface area (Å²) in [5.41, 5.74) is 0. The molecule has 0 saturated carbocycles. The number of nitrogens with zero attached hydrogens (tertiary/aromatic N) is 5. The van der Waals surface area contributed by atoms with Crippen molar-refractivity contribution in [3.63, 3.8) is 0 Å². The minimum atomic E-state index is -0.284. The molecule has 24 heavy (non-hydrogen) atoms. The maximum Gasteiger partial charge on any atom is 0.234 e. The Morgan fingerprint density at radius 3 is 2.92 bits per heavy atom. The molecule has 0 unspecified atom stereocenters. The topological polar surface area (TPSA) is 64.7 Å². The highest BCUT2D eigenvalue weighted by molar-refractivity contribution is 8.38. The highest BCUT2D eigenvalue weighted by Crippen LogP contribution is 2.25. The Kier molecular flexibility index (Phi) is 4.67. The van der Waals surface area contributed by atoms with Crippen LogP contribution in [0.3, 0.4) is 0 Å². The molecule has 3 heterocycles. The third-order valence-electron chi connectivity index (χ3n) is 3.16. The van der Waals surface area contributed by atoms with Crippen LogP contribution in [0, 0.1) is 5.82 Å². The first kappa shape index (κ1) is 15.9. The van der Waals surface area contributed by atoms with Gasteiger partial charge in [-0.2, -0.15) is 9.61 Å². The van der Waals surface area contributed by atoms with Crippen LogP contribution in [-0.4, -0.2) is 36.5 Å². The Hall–Kier alpha value is -1.65. The molecule has 4 rings (SSSR count). The quantitative estimate of drug-likeness (QED) is 0.676. The number of benzene rings is 1. The predicted molar refractivity (Wildman–Crippen MR) is 95.4 cm³/mol. The van der Waals surface area contributed by atoms with E-state index in [1.54, 1.807) is 40.2 Å². The zero-order chi connectivity index (χ0) is 16.4. The van der Waals surface area contributed by atoms with Gasteiger partial charge in [0.2, 0.25) is 4.96 Å². The Morgan fingerprint density at radius 2 is 2.12 bits per heavy atom. The number of aliphatic imine (C=N–C) groups is 1. The molecule has 1 aliphatic rings. The zero-order valence-corrected chi connectivity index (χ0v) is 14.8. The average Bonchev–Trinajstić information content (AvgIpc) is 3.30. The molecule has 0 bridgehead atoms. The number of hydrogen-bond donors (Lipinski definition) is 0. The summed E-state index contributed by atoms with van der Waals surface area (Å²) in [6.07, 6.45) is 0. The van der Waals surface area contributed by atoms with Gasteiger partial charge in [0.05, 0.1) is 12.3 Å². The third-order valence-corrected chi connectivity index (χ3v) is 6.28. The number of thioether (sulfide) groups is 2. The fourth-order valence-electron chi connectivity index (χ4n) is 2.05. The summed E-state index contributed by atoms with van der Waals surface area (Å²) in [4.78, 5) is 5.15. The lowest BCUT2D eigenvalue weighted by Crippen LogP contribution is -1.99. The van der Waals surface area contributed by atoms with Gasteiger partial charge in [-0.3, -0.25) is 4.99 Å². The normalized spacial score (nSPS) is 14.3. The smallest absolute Gasteiger partial charge is 0.234 e. The van der Waals surface area contributed by atoms with Crippen molar-refractivity contribution in [1.29, 1.82) is 0 Å². The van der Waals surface area contributed by atoms with Crippen molar-refractivity contribution in [3.05, 3.63) is 40.9 Å². The fourth-order valence-corrected chi connectivity index (χ4v) is 4.73. The van der Waals surface area contributed by atoms with E-state index < -0.39 is 0 Å².